The van der Waals surface area contributed by atoms with E-state index in [0.29, 0.717) is 11.4 Å². The van der Waals surface area contributed by atoms with E-state index in [0.717, 1.165) is 16.5 Å². The van der Waals surface area contributed by atoms with Crippen LogP contribution in [-0.2, 0) is 4.79 Å². The monoisotopic (exact) mass is 328 g/mol. The van der Waals surface area contributed by atoms with Gasteiger partial charge in [-0.1, -0.05) is 22.9 Å². The molecule has 0 spiro atoms. The Morgan fingerprint density at radius 3 is 2.63 bits per heavy atom. The second-order valence-corrected chi connectivity index (χ2v) is 6.13. The average Bonchev–Trinajstić information content (AvgIpc) is 2.26. The van der Waals surface area contributed by atoms with Gasteiger partial charge in [0.2, 0.25) is 0 Å². The number of nitrogen functional groups attached to an aromatic ring is 1. The molecule has 0 saturated heterocycles. The fourth-order valence-corrected chi connectivity index (χ4v) is 2.18. The molecule has 1 aromatic rings. The van der Waals surface area contributed by atoms with Crippen LogP contribution in [0.25, 0.3) is 0 Å². The number of nitrogens with two attached hydrogens (primary N) is 1. The van der Waals surface area contributed by atoms with Crippen molar-refractivity contribution in [2.45, 2.75) is 39.7 Å². The van der Waals surface area contributed by atoms with E-state index in [1.54, 1.807) is 6.07 Å². The quantitative estimate of drug-likeness (QED) is 0.816. The lowest BCUT2D eigenvalue weighted by Gasteiger charge is -2.24. The van der Waals surface area contributed by atoms with Gasteiger partial charge in [0.25, 0.3) is 5.91 Å². The minimum absolute atomic E-state index is 0.0316. The standard InChI is InChI=1S/C14H21BrN2O2/c1-5-14(3,4)17-12(18)8-19-13-9(2)6-10(15)7-11(13)16/h6-7H,5,8,16H2,1-4H3,(H,17,18). The first-order valence-corrected chi connectivity index (χ1v) is 7.04. The van der Waals surface area contributed by atoms with Gasteiger partial charge in [0, 0.05) is 10.0 Å². The summed E-state index contributed by atoms with van der Waals surface area (Å²) in [6.45, 7) is 7.84. The normalized spacial score (nSPS) is 11.2. The first-order valence-electron chi connectivity index (χ1n) is 6.24. The van der Waals surface area contributed by atoms with Gasteiger partial charge in [-0.05, 0) is 44.9 Å². The topological polar surface area (TPSA) is 64.3 Å². The smallest absolute Gasteiger partial charge is 0.258 e. The number of carbonyl (C=O) groups is 1. The molecule has 0 aromatic heterocycles. The summed E-state index contributed by atoms with van der Waals surface area (Å²) < 4.78 is 6.41. The van der Waals surface area contributed by atoms with E-state index in [1.165, 1.54) is 0 Å². The molecule has 0 bridgehead atoms. The number of ether oxygens (including phenoxy) is 1. The highest BCUT2D eigenvalue weighted by Crippen LogP contribution is 2.29. The van der Waals surface area contributed by atoms with Gasteiger partial charge < -0.3 is 15.8 Å². The van der Waals surface area contributed by atoms with Crippen molar-refractivity contribution < 1.29 is 9.53 Å². The third-order valence-electron chi connectivity index (χ3n) is 2.98. The summed E-state index contributed by atoms with van der Waals surface area (Å²) in [5, 5.41) is 2.91. The predicted molar refractivity (Wildman–Crippen MR) is 81.3 cm³/mol. The number of amides is 1. The van der Waals surface area contributed by atoms with Crippen LogP contribution < -0.4 is 15.8 Å². The van der Waals surface area contributed by atoms with Gasteiger partial charge in [0.05, 0.1) is 5.69 Å². The van der Waals surface area contributed by atoms with Crippen LogP contribution in [-0.4, -0.2) is 18.1 Å². The predicted octanol–water partition coefficient (Wildman–Crippen LogP) is 3.02. The summed E-state index contributed by atoms with van der Waals surface area (Å²) in [4.78, 5) is 11.8. The minimum atomic E-state index is -0.221. The zero-order valence-electron chi connectivity index (χ0n) is 11.8. The van der Waals surface area contributed by atoms with Crippen molar-refractivity contribution in [1.82, 2.24) is 5.32 Å². The van der Waals surface area contributed by atoms with E-state index in [-0.39, 0.29) is 18.1 Å². The highest BCUT2D eigenvalue weighted by atomic mass is 79.9. The van der Waals surface area contributed by atoms with E-state index in [9.17, 15) is 4.79 Å². The number of benzene rings is 1. The highest BCUT2D eigenvalue weighted by Gasteiger charge is 2.18. The molecule has 4 nitrogen and oxygen atoms in total. The van der Waals surface area contributed by atoms with Gasteiger partial charge in [-0.25, -0.2) is 0 Å². The number of anilines is 1. The summed E-state index contributed by atoms with van der Waals surface area (Å²) in [5.41, 5.74) is 7.07. The Kier molecular flexibility index (Phi) is 5.23. The molecule has 0 aliphatic rings. The second kappa shape index (κ2) is 6.28. The Bertz CT molecular complexity index is 450. The first-order chi connectivity index (χ1) is 8.75. The van der Waals surface area contributed by atoms with Crippen molar-refractivity contribution in [3.63, 3.8) is 0 Å². The number of hydrogen-bond donors (Lipinski definition) is 2. The Balaban J connectivity index is 2.65. The van der Waals surface area contributed by atoms with E-state index in [4.69, 9.17) is 10.5 Å². The number of halogens is 1. The molecule has 3 N–H and O–H groups in total. The number of carbonyl (C=O) groups excluding carboxylic acids is 1. The van der Waals surface area contributed by atoms with Gasteiger partial charge in [0.1, 0.15) is 5.75 Å². The van der Waals surface area contributed by atoms with Crippen LogP contribution >= 0.6 is 15.9 Å². The molecular weight excluding hydrogens is 308 g/mol. The maximum absolute atomic E-state index is 11.8. The fraction of sp³-hybridized carbons (Fsp3) is 0.500. The molecule has 0 saturated carbocycles. The van der Waals surface area contributed by atoms with Gasteiger partial charge in [-0.3, -0.25) is 4.79 Å². The van der Waals surface area contributed by atoms with Crippen LogP contribution in [0.3, 0.4) is 0 Å². The highest BCUT2D eigenvalue weighted by molar-refractivity contribution is 9.10. The van der Waals surface area contributed by atoms with Crippen molar-refractivity contribution >= 4 is 27.5 Å². The first kappa shape index (κ1) is 15.8. The summed E-state index contributed by atoms with van der Waals surface area (Å²) in [7, 11) is 0. The zero-order chi connectivity index (χ0) is 14.6. The Morgan fingerprint density at radius 2 is 2.11 bits per heavy atom. The molecule has 5 heteroatoms. The molecule has 0 radical (unpaired) electrons. The molecule has 0 atom stereocenters. The van der Waals surface area contributed by atoms with Gasteiger partial charge in [-0.15, -0.1) is 0 Å². The van der Waals surface area contributed by atoms with E-state index in [2.05, 4.69) is 21.2 Å². The second-order valence-electron chi connectivity index (χ2n) is 5.22. The molecule has 0 aliphatic carbocycles. The molecule has 1 amide bonds. The van der Waals surface area contributed by atoms with Crippen LogP contribution in [0.2, 0.25) is 0 Å². The molecule has 0 heterocycles. The number of rotatable bonds is 5. The van der Waals surface area contributed by atoms with Crippen LogP contribution in [0, 0.1) is 6.92 Å². The largest absolute Gasteiger partial charge is 0.481 e. The van der Waals surface area contributed by atoms with Crippen LogP contribution in [0.15, 0.2) is 16.6 Å². The van der Waals surface area contributed by atoms with Crippen molar-refractivity contribution in [3.8, 4) is 5.75 Å². The molecular formula is C14H21BrN2O2. The van der Waals surface area contributed by atoms with E-state index in [1.807, 2.05) is 33.8 Å². The minimum Gasteiger partial charge on any atom is -0.481 e. The summed E-state index contributed by atoms with van der Waals surface area (Å²) in [6.07, 6.45) is 0.859. The molecule has 0 fully saturated rings. The summed E-state index contributed by atoms with van der Waals surface area (Å²) in [6, 6.07) is 3.66. The van der Waals surface area contributed by atoms with Gasteiger partial charge in [0.15, 0.2) is 6.61 Å². The van der Waals surface area contributed by atoms with E-state index < -0.39 is 0 Å². The SMILES string of the molecule is CCC(C)(C)NC(=O)COc1c(C)cc(Br)cc1N. The molecule has 0 unspecified atom stereocenters. The van der Waals surface area contributed by atoms with Crippen molar-refractivity contribution in [2.75, 3.05) is 12.3 Å². The van der Waals surface area contributed by atoms with Gasteiger partial charge >= 0.3 is 0 Å². The molecule has 106 valence electrons. The Labute approximate surface area is 122 Å². The maximum Gasteiger partial charge on any atom is 0.258 e. The number of nitrogens with one attached hydrogen (secondary N) is 1. The number of hydrogen-bond acceptors (Lipinski definition) is 3. The van der Waals surface area contributed by atoms with Crippen LogP contribution in [0.4, 0.5) is 5.69 Å². The Hall–Kier alpha value is -1.23. The lowest BCUT2D eigenvalue weighted by atomic mass is 10.0. The number of aryl methyl sites for hydroxylation is 1. The Morgan fingerprint density at radius 1 is 1.47 bits per heavy atom. The van der Waals surface area contributed by atoms with Gasteiger partial charge in [-0.2, -0.15) is 0 Å². The summed E-state index contributed by atoms with van der Waals surface area (Å²) in [5.74, 6) is 0.418. The summed E-state index contributed by atoms with van der Waals surface area (Å²) >= 11 is 3.36. The third-order valence-corrected chi connectivity index (χ3v) is 3.44. The molecule has 1 rings (SSSR count). The molecule has 0 aliphatic heterocycles. The zero-order valence-corrected chi connectivity index (χ0v) is 13.4. The van der Waals surface area contributed by atoms with Crippen molar-refractivity contribution in [2.24, 2.45) is 0 Å². The lowest BCUT2D eigenvalue weighted by Crippen LogP contribution is -2.44. The maximum atomic E-state index is 11.8. The average molecular weight is 329 g/mol. The fourth-order valence-electron chi connectivity index (χ4n) is 1.59. The third kappa shape index (κ3) is 4.74. The van der Waals surface area contributed by atoms with Crippen LogP contribution in [0.1, 0.15) is 32.8 Å². The lowest BCUT2D eigenvalue weighted by molar-refractivity contribution is -0.124. The van der Waals surface area contributed by atoms with E-state index >= 15 is 0 Å². The van der Waals surface area contributed by atoms with Crippen molar-refractivity contribution in [3.05, 3.63) is 22.2 Å². The van der Waals surface area contributed by atoms with Crippen molar-refractivity contribution in [1.29, 1.82) is 0 Å². The molecule has 1 aromatic carbocycles. The van der Waals surface area contributed by atoms with Crippen LogP contribution in [0.5, 0.6) is 5.75 Å². The molecule has 19 heavy (non-hydrogen) atoms.